The summed E-state index contributed by atoms with van der Waals surface area (Å²) in [5, 5.41) is 0. The Bertz CT molecular complexity index is 414. The van der Waals surface area contributed by atoms with Crippen LogP contribution in [0.25, 0.3) is 0 Å². The number of halogens is 2. The Morgan fingerprint density at radius 1 is 1.30 bits per heavy atom. The summed E-state index contributed by atoms with van der Waals surface area (Å²) in [4.78, 5) is 13.7. The fraction of sp³-hybridized carbons (Fsp3) is 0.533. The molecule has 1 aliphatic rings. The van der Waals surface area contributed by atoms with Crippen LogP contribution in [0.5, 0.6) is 0 Å². The van der Waals surface area contributed by atoms with Gasteiger partial charge in [-0.2, -0.15) is 0 Å². The van der Waals surface area contributed by atoms with Crippen molar-refractivity contribution in [2.24, 2.45) is 5.92 Å². The van der Waals surface area contributed by atoms with Crippen LogP contribution in [0.4, 0.5) is 5.69 Å². The van der Waals surface area contributed by atoms with E-state index in [9.17, 15) is 4.79 Å². The summed E-state index contributed by atoms with van der Waals surface area (Å²) in [6.45, 7) is 2.14. The van der Waals surface area contributed by atoms with Gasteiger partial charge >= 0.3 is 5.97 Å². The van der Waals surface area contributed by atoms with Gasteiger partial charge in [-0.3, -0.25) is 0 Å². The average Bonchev–Trinajstić information content (AvgIpc) is 2.48. The molecule has 0 N–H and O–H groups in total. The summed E-state index contributed by atoms with van der Waals surface area (Å²) < 4.78 is 4.70. The number of alkyl halides is 1. The molecule has 0 unspecified atom stereocenters. The van der Waals surface area contributed by atoms with Gasteiger partial charge < -0.3 is 9.64 Å². The molecular formula is C15H21Cl2NO2. The van der Waals surface area contributed by atoms with Crippen molar-refractivity contribution in [1.82, 2.24) is 0 Å². The van der Waals surface area contributed by atoms with Crippen molar-refractivity contribution >= 4 is 35.7 Å². The van der Waals surface area contributed by atoms with Gasteiger partial charge in [-0.1, -0.05) is 0 Å². The topological polar surface area (TPSA) is 29.5 Å². The Hall–Kier alpha value is -0.930. The van der Waals surface area contributed by atoms with Gasteiger partial charge in [0.25, 0.3) is 0 Å². The highest BCUT2D eigenvalue weighted by atomic mass is 35.5. The molecule has 5 heteroatoms. The highest BCUT2D eigenvalue weighted by molar-refractivity contribution is 6.17. The highest BCUT2D eigenvalue weighted by Crippen LogP contribution is 2.25. The minimum absolute atomic E-state index is 0. The van der Waals surface area contributed by atoms with Crippen molar-refractivity contribution < 1.29 is 9.53 Å². The van der Waals surface area contributed by atoms with Crippen molar-refractivity contribution in [3.8, 4) is 0 Å². The molecule has 1 saturated heterocycles. The summed E-state index contributed by atoms with van der Waals surface area (Å²) in [5.74, 6) is 1.24. The minimum atomic E-state index is -0.285. The largest absolute Gasteiger partial charge is 0.465 e. The van der Waals surface area contributed by atoms with Crippen LogP contribution in [0, 0.1) is 5.92 Å². The fourth-order valence-electron chi connectivity index (χ4n) is 2.56. The van der Waals surface area contributed by atoms with Crippen LogP contribution < -0.4 is 4.90 Å². The number of carbonyl (C=O) groups excluding carboxylic acids is 1. The number of carbonyl (C=O) groups is 1. The van der Waals surface area contributed by atoms with Crippen molar-refractivity contribution in [3.63, 3.8) is 0 Å². The van der Waals surface area contributed by atoms with E-state index in [4.69, 9.17) is 16.3 Å². The predicted molar refractivity (Wildman–Crippen MR) is 85.3 cm³/mol. The van der Waals surface area contributed by atoms with E-state index < -0.39 is 0 Å². The summed E-state index contributed by atoms with van der Waals surface area (Å²) in [6.07, 6.45) is 3.52. The van der Waals surface area contributed by atoms with E-state index in [1.807, 2.05) is 24.3 Å². The Labute approximate surface area is 131 Å². The number of rotatable bonds is 4. The quantitative estimate of drug-likeness (QED) is 0.626. The molecule has 2 rings (SSSR count). The van der Waals surface area contributed by atoms with Crippen LogP contribution in [-0.2, 0) is 4.74 Å². The molecule has 0 spiro atoms. The van der Waals surface area contributed by atoms with Gasteiger partial charge in [-0.25, -0.2) is 4.79 Å². The van der Waals surface area contributed by atoms with Crippen LogP contribution in [0.2, 0.25) is 0 Å². The van der Waals surface area contributed by atoms with Crippen molar-refractivity contribution in [1.29, 1.82) is 0 Å². The standard InChI is InChI=1S/C15H20ClNO2.ClH/c1-19-15(18)13-2-4-14(5-3-13)17-10-7-12(6-9-16)8-11-17;/h2-5,12H,6-11H2,1H3;1H. The maximum atomic E-state index is 11.4. The monoisotopic (exact) mass is 317 g/mol. The first kappa shape index (κ1) is 17.1. The second-order valence-electron chi connectivity index (χ2n) is 4.95. The van der Waals surface area contributed by atoms with Crippen LogP contribution in [0.15, 0.2) is 24.3 Å². The van der Waals surface area contributed by atoms with Crippen LogP contribution in [0.1, 0.15) is 29.6 Å². The maximum absolute atomic E-state index is 11.4. The molecule has 20 heavy (non-hydrogen) atoms. The molecule has 0 amide bonds. The molecule has 1 aromatic rings. The SMILES string of the molecule is COC(=O)c1ccc(N2CCC(CCCl)CC2)cc1.Cl. The molecule has 0 atom stereocenters. The smallest absolute Gasteiger partial charge is 0.337 e. The Balaban J connectivity index is 0.00000200. The lowest BCUT2D eigenvalue weighted by Gasteiger charge is -2.33. The average molecular weight is 318 g/mol. The molecule has 1 fully saturated rings. The lowest BCUT2D eigenvalue weighted by atomic mass is 9.94. The molecule has 1 heterocycles. The van der Waals surface area contributed by atoms with E-state index in [1.165, 1.54) is 25.6 Å². The minimum Gasteiger partial charge on any atom is -0.465 e. The molecule has 1 aliphatic heterocycles. The summed E-state index contributed by atoms with van der Waals surface area (Å²) in [7, 11) is 1.40. The molecular weight excluding hydrogens is 297 g/mol. The van der Waals surface area contributed by atoms with Gasteiger partial charge in [0.2, 0.25) is 0 Å². The molecule has 3 nitrogen and oxygen atoms in total. The Kier molecular flexibility index (Phi) is 7.17. The molecule has 0 bridgehead atoms. The maximum Gasteiger partial charge on any atom is 0.337 e. The number of benzene rings is 1. The van der Waals surface area contributed by atoms with Gasteiger partial charge in [0.05, 0.1) is 12.7 Å². The first-order valence-electron chi connectivity index (χ1n) is 6.74. The third kappa shape index (κ3) is 4.29. The number of anilines is 1. The zero-order valence-corrected chi connectivity index (χ0v) is 13.3. The first-order chi connectivity index (χ1) is 9.24. The lowest BCUT2D eigenvalue weighted by molar-refractivity contribution is 0.0601. The van der Waals surface area contributed by atoms with Gasteiger partial charge in [-0.05, 0) is 49.4 Å². The molecule has 0 aromatic heterocycles. The molecule has 0 saturated carbocycles. The fourth-order valence-corrected chi connectivity index (χ4v) is 2.87. The lowest BCUT2D eigenvalue weighted by Crippen LogP contribution is -2.33. The third-order valence-corrected chi connectivity index (χ3v) is 4.00. The molecule has 1 aromatic carbocycles. The van der Waals surface area contributed by atoms with Crippen LogP contribution >= 0.6 is 24.0 Å². The number of hydrogen-bond donors (Lipinski definition) is 0. The summed E-state index contributed by atoms with van der Waals surface area (Å²) in [6, 6.07) is 7.64. The number of piperidine rings is 1. The summed E-state index contributed by atoms with van der Waals surface area (Å²) >= 11 is 5.79. The summed E-state index contributed by atoms with van der Waals surface area (Å²) in [5.41, 5.74) is 1.78. The van der Waals surface area contributed by atoms with Crippen molar-refractivity contribution in [2.45, 2.75) is 19.3 Å². The predicted octanol–water partition coefficient (Wildman–Crippen LogP) is 3.74. The van der Waals surface area contributed by atoms with Gasteiger partial charge in [0, 0.05) is 24.7 Å². The van der Waals surface area contributed by atoms with E-state index in [-0.39, 0.29) is 18.4 Å². The van der Waals surface area contributed by atoms with E-state index in [1.54, 1.807) is 0 Å². The number of nitrogens with zero attached hydrogens (tertiary/aromatic N) is 1. The van der Waals surface area contributed by atoms with Gasteiger partial charge in [0.1, 0.15) is 0 Å². The number of hydrogen-bond acceptors (Lipinski definition) is 3. The van der Waals surface area contributed by atoms with E-state index >= 15 is 0 Å². The Morgan fingerprint density at radius 2 is 1.90 bits per heavy atom. The highest BCUT2D eigenvalue weighted by Gasteiger charge is 2.19. The van der Waals surface area contributed by atoms with Gasteiger partial charge in [-0.15, -0.1) is 24.0 Å². The Morgan fingerprint density at radius 3 is 2.40 bits per heavy atom. The number of ether oxygens (including phenoxy) is 1. The second kappa shape index (κ2) is 8.38. The van der Waals surface area contributed by atoms with E-state index in [0.29, 0.717) is 5.56 Å². The van der Waals surface area contributed by atoms with Crippen molar-refractivity contribution in [3.05, 3.63) is 29.8 Å². The van der Waals surface area contributed by atoms with Gasteiger partial charge in [0.15, 0.2) is 0 Å². The second-order valence-corrected chi connectivity index (χ2v) is 5.32. The molecule has 0 aliphatic carbocycles. The molecule has 0 radical (unpaired) electrons. The van der Waals surface area contributed by atoms with Crippen molar-refractivity contribution in [2.75, 3.05) is 31.0 Å². The molecule has 112 valence electrons. The number of esters is 1. The van der Waals surface area contributed by atoms with Crippen LogP contribution in [0.3, 0.4) is 0 Å². The zero-order chi connectivity index (χ0) is 13.7. The van der Waals surface area contributed by atoms with Crippen LogP contribution in [-0.4, -0.2) is 32.0 Å². The normalized spacial score (nSPS) is 15.6. The third-order valence-electron chi connectivity index (χ3n) is 3.79. The zero-order valence-electron chi connectivity index (χ0n) is 11.7. The van der Waals surface area contributed by atoms with E-state index in [2.05, 4.69) is 4.90 Å². The number of methoxy groups -OCH3 is 1. The first-order valence-corrected chi connectivity index (χ1v) is 7.27. The van der Waals surface area contributed by atoms with E-state index in [0.717, 1.165) is 31.3 Å².